The van der Waals surface area contributed by atoms with Gasteiger partial charge in [-0.3, -0.25) is 4.79 Å². The molecule has 0 aromatic heterocycles. The van der Waals surface area contributed by atoms with Crippen LogP contribution in [0.25, 0.3) is 6.08 Å². The minimum atomic E-state index is -1.25. The summed E-state index contributed by atoms with van der Waals surface area (Å²) in [5.41, 5.74) is 0.0723. The third-order valence-corrected chi connectivity index (χ3v) is 3.68. The third kappa shape index (κ3) is 4.41. The van der Waals surface area contributed by atoms with Crippen molar-refractivity contribution in [2.45, 2.75) is 13.0 Å². The van der Waals surface area contributed by atoms with Gasteiger partial charge in [-0.25, -0.2) is 13.6 Å². The molecule has 1 aliphatic rings. The van der Waals surface area contributed by atoms with Crippen LogP contribution in [0.4, 0.5) is 14.5 Å². The normalized spacial score (nSPS) is 13.4. The minimum absolute atomic E-state index is 0.139. The molecule has 0 saturated carbocycles. The number of rotatable bonds is 5. The summed E-state index contributed by atoms with van der Waals surface area (Å²) in [6.45, 7) is 1.43. The highest BCUT2D eigenvalue weighted by molar-refractivity contribution is 5.96. The van der Waals surface area contributed by atoms with Crippen LogP contribution >= 0.6 is 0 Å². The molecule has 1 aliphatic heterocycles. The number of benzene rings is 2. The zero-order valence-electron chi connectivity index (χ0n) is 14.2. The molecule has 8 heteroatoms. The molecule has 0 radical (unpaired) electrons. The Bertz CT molecular complexity index is 893. The lowest BCUT2D eigenvalue weighted by Gasteiger charge is -2.13. The van der Waals surface area contributed by atoms with Crippen LogP contribution in [-0.4, -0.2) is 24.8 Å². The number of para-hydroxylation sites is 1. The largest absolute Gasteiger partial charge is 0.454 e. The van der Waals surface area contributed by atoms with E-state index < -0.39 is 35.3 Å². The predicted molar refractivity (Wildman–Crippen MR) is 92.1 cm³/mol. The molecular formula is C19H15F2NO5. The molecule has 1 N–H and O–H groups in total. The van der Waals surface area contributed by atoms with Gasteiger partial charge in [-0.2, -0.15) is 0 Å². The summed E-state index contributed by atoms with van der Waals surface area (Å²) < 4.78 is 42.5. The second-order valence-electron chi connectivity index (χ2n) is 5.61. The van der Waals surface area contributed by atoms with Crippen LogP contribution in [0.5, 0.6) is 11.5 Å². The van der Waals surface area contributed by atoms with Gasteiger partial charge in [0.2, 0.25) is 6.79 Å². The second kappa shape index (κ2) is 7.86. The molecule has 6 nitrogen and oxygen atoms in total. The van der Waals surface area contributed by atoms with Crippen LogP contribution in [0.1, 0.15) is 12.5 Å². The standard InChI is InChI=1S/C19H15F2NO5/c1-11(19(24)22-18-13(20)3-2-4-14(18)21)27-17(23)8-6-12-5-7-15-16(9-12)26-10-25-15/h2-9,11H,10H2,1H3,(H,22,24)/b8-6+. The van der Waals surface area contributed by atoms with Gasteiger partial charge in [0.15, 0.2) is 17.6 Å². The lowest BCUT2D eigenvalue weighted by Crippen LogP contribution is -2.30. The Morgan fingerprint density at radius 1 is 1.15 bits per heavy atom. The maximum atomic E-state index is 13.5. The zero-order chi connectivity index (χ0) is 19.4. The number of hydrogen-bond donors (Lipinski definition) is 1. The lowest BCUT2D eigenvalue weighted by molar-refractivity contribution is -0.148. The van der Waals surface area contributed by atoms with Crippen LogP contribution in [0.15, 0.2) is 42.5 Å². The smallest absolute Gasteiger partial charge is 0.331 e. The third-order valence-electron chi connectivity index (χ3n) is 3.68. The second-order valence-corrected chi connectivity index (χ2v) is 5.61. The van der Waals surface area contributed by atoms with Crippen LogP contribution in [0.2, 0.25) is 0 Å². The van der Waals surface area contributed by atoms with E-state index in [1.807, 2.05) is 0 Å². The number of nitrogens with one attached hydrogen (secondary N) is 1. The summed E-state index contributed by atoms with van der Waals surface area (Å²) in [7, 11) is 0. The summed E-state index contributed by atoms with van der Waals surface area (Å²) in [6, 6.07) is 8.28. The minimum Gasteiger partial charge on any atom is -0.454 e. The summed E-state index contributed by atoms with van der Waals surface area (Å²) in [5.74, 6) is -2.33. The SMILES string of the molecule is CC(OC(=O)/C=C/c1ccc2c(c1)OCO2)C(=O)Nc1c(F)cccc1F. The number of carbonyl (C=O) groups is 2. The number of fused-ring (bicyclic) bond motifs is 1. The number of anilines is 1. The van der Waals surface area contributed by atoms with Crippen LogP contribution in [-0.2, 0) is 14.3 Å². The Morgan fingerprint density at radius 2 is 1.85 bits per heavy atom. The van der Waals surface area contributed by atoms with Gasteiger partial charge in [0.1, 0.15) is 17.3 Å². The van der Waals surface area contributed by atoms with Gasteiger partial charge in [-0.05, 0) is 42.8 Å². The quantitative estimate of drug-likeness (QED) is 0.641. The van der Waals surface area contributed by atoms with Crippen LogP contribution in [0, 0.1) is 11.6 Å². The number of hydrogen-bond acceptors (Lipinski definition) is 5. The van der Waals surface area contributed by atoms with E-state index in [-0.39, 0.29) is 6.79 Å². The van der Waals surface area contributed by atoms with Crippen molar-refractivity contribution in [3.8, 4) is 11.5 Å². The highest BCUT2D eigenvalue weighted by Gasteiger charge is 2.20. The van der Waals surface area contributed by atoms with Crippen molar-refractivity contribution in [2.75, 3.05) is 12.1 Å². The fraction of sp³-hybridized carbons (Fsp3) is 0.158. The fourth-order valence-electron chi connectivity index (χ4n) is 2.29. The average molecular weight is 375 g/mol. The van der Waals surface area contributed by atoms with E-state index in [1.165, 1.54) is 19.1 Å². The van der Waals surface area contributed by atoms with Crippen molar-refractivity contribution in [3.63, 3.8) is 0 Å². The monoisotopic (exact) mass is 375 g/mol. The molecule has 1 heterocycles. The first-order valence-electron chi connectivity index (χ1n) is 7.97. The molecule has 3 rings (SSSR count). The summed E-state index contributed by atoms with van der Waals surface area (Å²) in [5, 5.41) is 2.06. The number of halogens is 2. The van der Waals surface area contributed by atoms with Crippen molar-refractivity contribution >= 4 is 23.6 Å². The van der Waals surface area contributed by atoms with Crippen molar-refractivity contribution in [3.05, 3.63) is 59.7 Å². The molecule has 1 unspecified atom stereocenters. The molecule has 0 bridgehead atoms. The topological polar surface area (TPSA) is 73.9 Å². The van der Waals surface area contributed by atoms with E-state index >= 15 is 0 Å². The van der Waals surface area contributed by atoms with E-state index in [0.29, 0.717) is 17.1 Å². The molecule has 27 heavy (non-hydrogen) atoms. The van der Waals surface area contributed by atoms with Crippen LogP contribution < -0.4 is 14.8 Å². The summed E-state index contributed by atoms with van der Waals surface area (Å²) in [4.78, 5) is 23.8. The molecule has 0 fully saturated rings. The molecule has 0 spiro atoms. The molecule has 1 atom stereocenters. The fourth-order valence-corrected chi connectivity index (χ4v) is 2.29. The summed E-state index contributed by atoms with van der Waals surface area (Å²) >= 11 is 0. The lowest BCUT2D eigenvalue weighted by atomic mass is 10.2. The zero-order valence-corrected chi connectivity index (χ0v) is 14.2. The highest BCUT2D eigenvalue weighted by Crippen LogP contribution is 2.32. The highest BCUT2D eigenvalue weighted by atomic mass is 19.1. The molecule has 2 aromatic carbocycles. The Hall–Kier alpha value is -3.42. The number of carbonyl (C=O) groups excluding carboxylic acids is 2. The van der Waals surface area contributed by atoms with Gasteiger partial charge in [-0.1, -0.05) is 12.1 Å². The number of esters is 1. The van der Waals surface area contributed by atoms with E-state index in [0.717, 1.165) is 18.2 Å². The average Bonchev–Trinajstić information content (AvgIpc) is 3.10. The molecule has 1 amide bonds. The van der Waals surface area contributed by atoms with Crippen LogP contribution in [0.3, 0.4) is 0 Å². The Morgan fingerprint density at radius 3 is 2.59 bits per heavy atom. The Labute approximate surface area is 153 Å². The van der Waals surface area contributed by atoms with Gasteiger partial charge in [-0.15, -0.1) is 0 Å². The van der Waals surface area contributed by atoms with Crippen molar-refractivity contribution in [1.29, 1.82) is 0 Å². The molecular weight excluding hydrogens is 360 g/mol. The Balaban J connectivity index is 1.57. The first kappa shape index (κ1) is 18.4. The van der Waals surface area contributed by atoms with Gasteiger partial charge in [0.25, 0.3) is 5.91 Å². The molecule has 140 valence electrons. The molecule has 0 aliphatic carbocycles. The van der Waals surface area contributed by atoms with E-state index in [4.69, 9.17) is 14.2 Å². The van der Waals surface area contributed by atoms with Gasteiger partial charge < -0.3 is 19.5 Å². The van der Waals surface area contributed by atoms with Gasteiger partial charge in [0.05, 0.1) is 0 Å². The van der Waals surface area contributed by atoms with E-state index in [2.05, 4.69) is 5.32 Å². The first-order valence-corrected chi connectivity index (χ1v) is 7.97. The maximum absolute atomic E-state index is 13.5. The maximum Gasteiger partial charge on any atom is 0.331 e. The van der Waals surface area contributed by atoms with E-state index in [1.54, 1.807) is 18.2 Å². The van der Waals surface area contributed by atoms with Gasteiger partial charge in [0, 0.05) is 6.08 Å². The van der Waals surface area contributed by atoms with Crippen molar-refractivity contribution in [1.82, 2.24) is 0 Å². The van der Waals surface area contributed by atoms with E-state index in [9.17, 15) is 18.4 Å². The predicted octanol–water partition coefficient (Wildman–Crippen LogP) is 3.28. The number of ether oxygens (including phenoxy) is 3. The van der Waals surface area contributed by atoms with Crippen molar-refractivity contribution in [2.24, 2.45) is 0 Å². The molecule has 2 aromatic rings. The summed E-state index contributed by atoms with van der Waals surface area (Å²) in [6.07, 6.45) is 1.36. The van der Waals surface area contributed by atoms with Gasteiger partial charge >= 0.3 is 5.97 Å². The molecule has 0 saturated heterocycles. The van der Waals surface area contributed by atoms with Crippen molar-refractivity contribution < 1.29 is 32.6 Å². The Kier molecular flexibility index (Phi) is 5.35. The first-order chi connectivity index (χ1) is 12.9. The number of amides is 1.